The van der Waals surface area contributed by atoms with Gasteiger partial charge in [-0.05, 0) is 82.5 Å². The Balaban J connectivity index is 1.93. The Bertz CT molecular complexity index is 1270. The highest BCUT2D eigenvalue weighted by atomic mass is 32.2. The van der Waals surface area contributed by atoms with Crippen LogP contribution in [0.5, 0.6) is 0 Å². The SMILES string of the molecule is Cc1cc(C)c(S(=O)(=O)N(CC(=O)N(Cc2ccc(F)cc2)Cc2ccc(C)o2)C(C)C)c(C)c1. The lowest BCUT2D eigenvalue weighted by Crippen LogP contribution is -2.45. The monoisotopic (exact) mass is 500 g/mol. The molecule has 1 amide bonds. The molecule has 2 aromatic carbocycles. The van der Waals surface area contributed by atoms with Crippen molar-refractivity contribution < 1.29 is 22.0 Å². The number of aryl methyl sites for hydroxylation is 4. The number of carbonyl (C=O) groups is 1. The summed E-state index contributed by atoms with van der Waals surface area (Å²) in [7, 11) is -3.94. The van der Waals surface area contributed by atoms with E-state index < -0.39 is 16.1 Å². The number of furan rings is 1. The van der Waals surface area contributed by atoms with Gasteiger partial charge in [-0.3, -0.25) is 4.79 Å². The van der Waals surface area contributed by atoms with Crippen LogP contribution in [0.15, 0.2) is 57.8 Å². The average molecular weight is 501 g/mol. The van der Waals surface area contributed by atoms with Crippen LogP contribution in [0.3, 0.4) is 0 Å². The zero-order valence-electron chi connectivity index (χ0n) is 21.1. The third kappa shape index (κ3) is 6.38. The first-order valence-corrected chi connectivity index (χ1v) is 13.0. The molecule has 0 aliphatic carbocycles. The topological polar surface area (TPSA) is 70.8 Å². The van der Waals surface area contributed by atoms with Gasteiger partial charge in [-0.25, -0.2) is 12.8 Å². The average Bonchev–Trinajstić information content (AvgIpc) is 3.16. The minimum absolute atomic E-state index is 0.165. The normalized spacial score (nSPS) is 11.9. The molecule has 0 fully saturated rings. The van der Waals surface area contributed by atoms with E-state index in [2.05, 4.69) is 0 Å². The molecule has 1 heterocycles. The van der Waals surface area contributed by atoms with Gasteiger partial charge in [0.2, 0.25) is 15.9 Å². The number of halogens is 1. The van der Waals surface area contributed by atoms with E-state index in [1.807, 2.05) is 32.0 Å². The Hall–Kier alpha value is -2.97. The highest BCUT2D eigenvalue weighted by molar-refractivity contribution is 7.89. The van der Waals surface area contributed by atoms with Crippen molar-refractivity contribution in [1.82, 2.24) is 9.21 Å². The second kappa shape index (κ2) is 10.7. The predicted molar refractivity (Wildman–Crippen MR) is 134 cm³/mol. The second-order valence-corrected chi connectivity index (χ2v) is 11.1. The number of benzene rings is 2. The summed E-state index contributed by atoms with van der Waals surface area (Å²) < 4.78 is 47.8. The minimum Gasteiger partial charge on any atom is -0.464 e. The molecule has 1 aromatic heterocycles. The molecule has 35 heavy (non-hydrogen) atoms. The van der Waals surface area contributed by atoms with Crippen LogP contribution in [-0.2, 0) is 27.9 Å². The molecule has 0 N–H and O–H groups in total. The number of nitrogens with zero attached hydrogens (tertiary/aromatic N) is 2. The zero-order chi connectivity index (χ0) is 25.9. The fourth-order valence-corrected chi connectivity index (χ4v) is 6.27. The van der Waals surface area contributed by atoms with Crippen LogP contribution >= 0.6 is 0 Å². The van der Waals surface area contributed by atoms with E-state index in [-0.39, 0.29) is 36.3 Å². The van der Waals surface area contributed by atoms with Gasteiger partial charge in [-0.1, -0.05) is 29.8 Å². The standard InChI is InChI=1S/C27H33FN2O4S/c1-18(2)30(35(32,33)27-20(4)13-19(3)14-21(27)5)17-26(31)29(16-25-12-7-22(6)34-25)15-23-8-10-24(28)11-9-23/h7-14,18H,15-17H2,1-6H3. The number of rotatable bonds is 9. The van der Waals surface area contributed by atoms with Gasteiger partial charge in [-0.15, -0.1) is 0 Å². The molecular formula is C27H33FN2O4S. The van der Waals surface area contributed by atoms with E-state index in [1.54, 1.807) is 45.9 Å². The van der Waals surface area contributed by atoms with Crippen LogP contribution in [0, 0.1) is 33.5 Å². The molecule has 0 spiro atoms. The molecule has 0 saturated carbocycles. The molecule has 0 radical (unpaired) electrons. The summed E-state index contributed by atoms with van der Waals surface area (Å²) in [5.74, 6) is 0.560. The van der Waals surface area contributed by atoms with Gasteiger partial charge in [0.25, 0.3) is 0 Å². The predicted octanol–water partition coefficient (Wildman–Crippen LogP) is 5.28. The lowest BCUT2D eigenvalue weighted by Gasteiger charge is -2.30. The Morgan fingerprint density at radius 1 is 0.943 bits per heavy atom. The van der Waals surface area contributed by atoms with Crippen molar-refractivity contribution in [3.63, 3.8) is 0 Å². The highest BCUT2D eigenvalue weighted by Crippen LogP contribution is 2.27. The van der Waals surface area contributed by atoms with Gasteiger partial charge in [-0.2, -0.15) is 4.31 Å². The van der Waals surface area contributed by atoms with Gasteiger partial charge in [0.15, 0.2) is 0 Å². The van der Waals surface area contributed by atoms with Crippen LogP contribution in [0.1, 0.15) is 47.6 Å². The van der Waals surface area contributed by atoms with E-state index >= 15 is 0 Å². The van der Waals surface area contributed by atoms with Crippen molar-refractivity contribution in [2.24, 2.45) is 0 Å². The molecule has 3 aromatic rings. The zero-order valence-corrected chi connectivity index (χ0v) is 21.9. The number of hydrogen-bond acceptors (Lipinski definition) is 4. The maximum atomic E-state index is 13.7. The molecule has 3 rings (SSSR count). The maximum Gasteiger partial charge on any atom is 0.244 e. The number of amides is 1. The fourth-order valence-electron chi connectivity index (χ4n) is 4.27. The number of sulfonamides is 1. The van der Waals surface area contributed by atoms with Crippen LogP contribution < -0.4 is 0 Å². The third-order valence-electron chi connectivity index (χ3n) is 5.82. The molecule has 188 valence electrons. The molecule has 6 nitrogen and oxygen atoms in total. The van der Waals surface area contributed by atoms with Crippen molar-refractivity contribution in [2.75, 3.05) is 6.54 Å². The molecule has 0 bridgehead atoms. The van der Waals surface area contributed by atoms with Gasteiger partial charge in [0.1, 0.15) is 17.3 Å². The molecule has 0 aliphatic rings. The van der Waals surface area contributed by atoms with Crippen molar-refractivity contribution in [3.05, 3.63) is 88.1 Å². The summed E-state index contributed by atoms with van der Waals surface area (Å²) in [4.78, 5) is 15.3. The molecule has 0 atom stereocenters. The van der Waals surface area contributed by atoms with Crippen LogP contribution in [0.2, 0.25) is 0 Å². The first-order valence-electron chi connectivity index (χ1n) is 11.6. The smallest absolute Gasteiger partial charge is 0.244 e. The number of carbonyl (C=O) groups excluding carboxylic acids is 1. The van der Waals surface area contributed by atoms with E-state index in [0.29, 0.717) is 22.6 Å². The van der Waals surface area contributed by atoms with E-state index in [9.17, 15) is 17.6 Å². The van der Waals surface area contributed by atoms with Gasteiger partial charge in [0, 0.05) is 12.6 Å². The largest absolute Gasteiger partial charge is 0.464 e. The number of hydrogen-bond donors (Lipinski definition) is 0. The molecule has 8 heteroatoms. The molecule has 0 unspecified atom stereocenters. The summed E-state index contributed by atoms with van der Waals surface area (Å²) >= 11 is 0. The summed E-state index contributed by atoms with van der Waals surface area (Å²) in [6.07, 6.45) is 0. The van der Waals surface area contributed by atoms with E-state index in [4.69, 9.17) is 4.42 Å². The first kappa shape index (κ1) is 26.6. The lowest BCUT2D eigenvalue weighted by molar-refractivity contribution is -0.133. The van der Waals surface area contributed by atoms with Crippen molar-refractivity contribution >= 4 is 15.9 Å². The minimum atomic E-state index is -3.94. The van der Waals surface area contributed by atoms with Crippen LogP contribution in [0.4, 0.5) is 4.39 Å². The lowest BCUT2D eigenvalue weighted by atomic mass is 10.1. The molecule has 0 aliphatic heterocycles. The van der Waals surface area contributed by atoms with Crippen LogP contribution in [-0.4, -0.2) is 36.1 Å². The van der Waals surface area contributed by atoms with Crippen molar-refractivity contribution in [3.8, 4) is 0 Å². The van der Waals surface area contributed by atoms with E-state index in [0.717, 1.165) is 11.1 Å². The Labute approximate surface area is 207 Å². The van der Waals surface area contributed by atoms with E-state index in [1.165, 1.54) is 21.3 Å². The van der Waals surface area contributed by atoms with Crippen LogP contribution in [0.25, 0.3) is 0 Å². The molecular weight excluding hydrogens is 467 g/mol. The summed E-state index contributed by atoms with van der Waals surface area (Å²) in [6, 6.07) is 12.7. The third-order valence-corrected chi connectivity index (χ3v) is 8.15. The Kier molecular flexibility index (Phi) is 8.18. The maximum absolute atomic E-state index is 13.7. The quantitative estimate of drug-likeness (QED) is 0.401. The van der Waals surface area contributed by atoms with Crippen molar-refractivity contribution in [1.29, 1.82) is 0 Å². The Morgan fingerprint density at radius 2 is 1.54 bits per heavy atom. The summed E-state index contributed by atoms with van der Waals surface area (Å²) in [5.41, 5.74) is 3.00. The second-order valence-electron chi connectivity index (χ2n) is 9.26. The Morgan fingerprint density at radius 3 is 2.06 bits per heavy atom. The van der Waals surface area contributed by atoms with Gasteiger partial charge < -0.3 is 9.32 Å². The highest BCUT2D eigenvalue weighted by Gasteiger charge is 2.33. The van der Waals surface area contributed by atoms with Gasteiger partial charge in [0.05, 0.1) is 18.0 Å². The molecule has 0 saturated heterocycles. The first-order chi connectivity index (χ1) is 16.4. The summed E-state index contributed by atoms with van der Waals surface area (Å²) in [6.45, 7) is 10.8. The van der Waals surface area contributed by atoms with Crippen molar-refractivity contribution in [2.45, 2.75) is 65.6 Å². The fraction of sp³-hybridized carbons (Fsp3) is 0.370. The summed E-state index contributed by atoms with van der Waals surface area (Å²) in [5, 5.41) is 0. The van der Waals surface area contributed by atoms with Gasteiger partial charge >= 0.3 is 0 Å².